The molecule has 0 fully saturated rings. The van der Waals surface area contributed by atoms with Crippen LogP contribution in [0.25, 0.3) is 0 Å². The number of ether oxygens (including phenoxy) is 1. The zero-order chi connectivity index (χ0) is 18.4. The minimum absolute atomic E-state index is 0.258. The van der Waals surface area contributed by atoms with Crippen LogP contribution >= 0.6 is 0 Å². The third-order valence-electron chi connectivity index (χ3n) is 3.76. The van der Waals surface area contributed by atoms with Crippen LogP contribution in [0, 0.1) is 18.3 Å². The van der Waals surface area contributed by atoms with E-state index in [1.54, 1.807) is 36.4 Å². The monoisotopic (exact) mass is 343 g/mol. The van der Waals surface area contributed by atoms with E-state index in [9.17, 15) is 4.79 Å². The highest BCUT2D eigenvalue weighted by atomic mass is 16.5. The molecule has 1 aromatic heterocycles. The van der Waals surface area contributed by atoms with E-state index in [0.717, 1.165) is 11.3 Å². The summed E-state index contributed by atoms with van der Waals surface area (Å²) in [4.78, 5) is 16.7. The van der Waals surface area contributed by atoms with Gasteiger partial charge >= 0.3 is 0 Å². The number of hydrogen-bond donors (Lipinski definition) is 1. The van der Waals surface area contributed by atoms with Gasteiger partial charge in [0, 0.05) is 16.8 Å². The standard InChI is InChI=1S/C21H17N3O2/c1-15-6-4-11-20(23-15)24-21(25)16-9-5-10-19(12-16)26-14-18-8-3-2-7-17(18)13-22/h2-12H,14H2,1H3,(H,23,24,25). The van der Waals surface area contributed by atoms with Crippen LogP contribution in [0.15, 0.2) is 66.7 Å². The van der Waals surface area contributed by atoms with Crippen molar-refractivity contribution in [2.24, 2.45) is 0 Å². The predicted octanol–water partition coefficient (Wildman–Crippen LogP) is 4.09. The van der Waals surface area contributed by atoms with E-state index >= 15 is 0 Å². The molecule has 128 valence electrons. The average molecular weight is 343 g/mol. The Morgan fingerprint density at radius 3 is 2.73 bits per heavy atom. The highest BCUT2D eigenvalue weighted by Crippen LogP contribution is 2.17. The maximum absolute atomic E-state index is 12.4. The lowest BCUT2D eigenvalue weighted by Crippen LogP contribution is -2.13. The Labute approximate surface area is 151 Å². The topological polar surface area (TPSA) is 75.0 Å². The first-order valence-electron chi connectivity index (χ1n) is 8.11. The first kappa shape index (κ1) is 17.2. The summed E-state index contributed by atoms with van der Waals surface area (Å²) in [7, 11) is 0. The molecule has 0 aliphatic carbocycles. The van der Waals surface area contributed by atoms with Gasteiger partial charge in [-0.1, -0.05) is 30.3 Å². The summed E-state index contributed by atoms with van der Waals surface area (Å²) in [5.41, 5.74) is 2.68. The third-order valence-corrected chi connectivity index (χ3v) is 3.76. The molecule has 0 radical (unpaired) electrons. The van der Waals surface area contributed by atoms with E-state index in [1.165, 1.54) is 0 Å². The zero-order valence-corrected chi connectivity index (χ0v) is 14.3. The van der Waals surface area contributed by atoms with Gasteiger partial charge in [-0.15, -0.1) is 0 Å². The number of benzene rings is 2. The fraction of sp³-hybridized carbons (Fsp3) is 0.0952. The van der Waals surface area contributed by atoms with Crippen molar-refractivity contribution in [2.75, 3.05) is 5.32 Å². The van der Waals surface area contributed by atoms with E-state index < -0.39 is 0 Å². The summed E-state index contributed by atoms with van der Waals surface area (Å²) in [6.45, 7) is 2.12. The Kier molecular flexibility index (Phi) is 5.25. The van der Waals surface area contributed by atoms with Crippen molar-refractivity contribution in [3.05, 3.63) is 89.1 Å². The number of nitrogens with one attached hydrogen (secondary N) is 1. The van der Waals surface area contributed by atoms with Gasteiger partial charge in [0.15, 0.2) is 0 Å². The number of aryl methyl sites for hydroxylation is 1. The van der Waals surface area contributed by atoms with Crippen molar-refractivity contribution < 1.29 is 9.53 Å². The normalized spacial score (nSPS) is 10.0. The lowest BCUT2D eigenvalue weighted by atomic mass is 10.1. The molecule has 0 unspecified atom stereocenters. The number of rotatable bonds is 5. The number of carbonyl (C=O) groups is 1. The fourth-order valence-electron chi connectivity index (χ4n) is 2.44. The lowest BCUT2D eigenvalue weighted by molar-refractivity contribution is 0.102. The second-order valence-electron chi connectivity index (χ2n) is 5.70. The first-order chi connectivity index (χ1) is 12.7. The molecule has 2 aromatic carbocycles. The molecule has 5 heteroatoms. The molecule has 0 atom stereocenters. The second-order valence-corrected chi connectivity index (χ2v) is 5.70. The maximum Gasteiger partial charge on any atom is 0.256 e. The van der Waals surface area contributed by atoms with Crippen LogP contribution < -0.4 is 10.1 Å². The van der Waals surface area contributed by atoms with Crippen LogP contribution in [-0.4, -0.2) is 10.9 Å². The van der Waals surface area contributed by atoms with Gasteiger partial charge in [-0.3, -0.25) is 4.79 Å². The molecule has 5 nitrogen and oxygen atoms in total. The molecule has 3 aromatic rings. The predicted molar refractivity (Wildman–Crippen MR) is 98.9 cm³/mol. The number of aromatic nitrogens is 1. The van der Waals surface area contributed by atoms with E-state index in [0.29, 0.717) is 22.7 Å². The lowest BCUT2D eigenvalue weighted by Gasteiger charge is -2.09. The Morgan fingerprint density at radius 2 is 1.92 bits per heavy atom. The average Bonchev–Trinajstić information content (AvgIpc) is 2.67. The van der Waals surface area contributed by atoms with Gasteiger partial charge in [-0.2, -0.15) is 5.26 Å². The van der Waals surface area contributed by atoms with Gasteiger partial charge < -0.3 is 10.1 Å². The van der Waals surface area contributed by atoms with Crippen molar-refractivity contribution in [2.45, 2.75) is 13.5 Å². The van der Waals surface area contributed by atoms with Crippen LogP contribution in [0.3, 0.4) is 0 Å². The molecule has 1 amide bonds. The molecule has 0 saturated carbocycles. The molecular weight excluding hydrogens is 326 g/mol. The van der Waals surface area contributed by atoms with Crippen LogP contribution in [0.2, 0.25) is 0 Å². The minimum atomic E-state index is -0.258. The third kappa shape index (κ3) is 4.25. The van der Waals surface area contributed by atoms with Crippen molar-refractivity contribution in [3.8, 4) is 11.8 Å². The van der Waals surface area contributed by atoms with Crippen molar-refractivity contribution in [1.29, 1.82) is 5.26 Å². The smallest absolute Gasteiger partial charge is 0.256 e. The van der Waals surface area contributed by atoms with E-state index in [2.05, 4.69) is 16.4 Å². The van der Waals surface area contributed by atoms with Gasteiger partial charge in [-0.25, -0.2) is 4.98 Å². The molecule has 26 heavy (non-hydrogen) atoms. The van der Waals surface area contributed by atoms with Crippen LogP contribution in [0.1, 0.15) is 27.2 Å². The molecule has 1 N–H and O–H groups in total. The molecule has 1 heterocycles. The summed E-state index contributed by atoms with van der Waals surface area (Å²) in [5.74, 6) is 0.804. The number of hydrogen-bond acceptors (Lipinski definition) is 4. The number of pyridine rings is 1. The molecule has 0 bridgehead atoms. The Morgan fingerprint density at radius 1 is 1.12 bits per heavy atom. The molecule has 0 aliphatic heterocycles. The summed E-state index contributed by atoms with van der Waals surface area (Å²) in [6.07, 6.45) is 0. The van der Waals surface area contributed by atoms with Gasteiger partial charge in [0.1, 0.15) is 18.2 Å². The largest absolute Gasteiger partial charge is 0.489 e. The Bertz CT molecular complexity index is 977. The molecule has 0 aliphatic rings. The number of carbonyl (C=O) groups excluding carboxylic acids is 1. The Balaban J connectivity index is 1.70. The molecule has 3 rings (SSSR count). The van der Waals surface area contributed by atoms with Crippen molar-refractivity contribution in [3.63, 3.8) is 0 Å². The number of amides is 1. The summed E-state index contributed by atoms with van der Waals surface area (Å²) < 4.78 is 5.75. The van der Waals surface area contributed by atoms with Crippen molar-refractivity contribution >= 4 is 11.7 Å². The summed E-state index contributed by atoms with van der Waals surface area (Å²) in [5, 5.41) is 11.9. The fourth-order valence-corrected chi connectivity index (χ4v) is 2.44. The highest BCUT2D eigenvalue weighted by molar-refractivity contribution is 6.04. The molecular formula is C21H17N3O2. The Hall–Kier alpha value is -3.65. The van der Waals surface area contributed by atoms with Crippen LogP contribution in [0.5, 0.6) is 5.75 Å². The molecule has 0 saturated heterocycles. The number of nitrogens with zero attached hydrogens (tertiary/aromatic N) is 2. The van der Waals surface area contributed by atoms with Gasteiger partial charge in [-0.05, 0) is 43.3 Å². The SMILES string of the molecule is Cc1cccc(NC(=O)c2cccc(OCc3ccccc3C#N)c2)n1. The molecule has 0 spiro atoms. The van der Waals surface area contributed by atoms with Crippen LogP contribution in [-0.2, 0) is 6.61 Å². The second kappa shape index (κ2) is 7.95. The van der Waals surface area contributed by atoms with E-state index in [-0.39, 0.29) is 12.5 Å². The number of anilines is 1. The van der Waals surface area contributed by atoms with Crippen molar-refractivity contribution in [1.82, 2.24) is 4.98 Å². The summed E-state index contributed by atoms with van der Waals surface area (Å²) >= 11 is 0. The van der Waals surface area contributed by atoms with Gasteiger partial charge in [0.25, 0.3) is 5.91 Å². The van der Waals surface area contributed by atoms with E-state index in [1.807, 2.05) is 37.3 Å². The quantitative estimate of drug-likeness (QED) is 0.757. The van der Waals surface area contributed by atoms with Crippen LogP contribution in [0.4, 0.5) is 5.82 Å². The summed E-state index contributed by atoms with van der Waals surface area (Å²) in [6, 6.07) is 21.8. The minimum Gasteiger partial charge on any atom is -0.489 e. The van der Waals surface area contributed by atoms with Gasteiger partial charge in [0.2, 0.25) is 0 Å². The van der Waals surface area contributed by atoms with Gasteiger partial charge in [0.05, 0.1) is 11.6 Å². The highest BCUT2D eigenvalue weighted by Gasteiger charge is 2.09. The first-order valence-corrected chi connectivity index (χ1v) is 8.11. The maximum atomic E-state index is 12.4. The zero-order valence-electron chi connectivity index (χ0n) is 14.3. The number of nitriles is 1. The van der Waals surface area contributed by atoms with E-state index in [4.69, 9.17) is 10.00 Å².